The Labute approximate surface area is 103 Å². The van der Waals surface area contributed by atoms with Crippen LogP contribution in [0, 0.1) is 5.82 Å². The quantitative estimate of drug-likeness (QED) is 0.768. The highest BCUT2D eigenvalue weighted by Gasteiger charge is 2.32. The lowest BCUT2D eigenvalue weighted by Gasteiger charge is -2.27. The van der Waals surface area contributed by atoms with Gasteiger partial charge in [0.1, 0.15) is 5.82 Å². The van der Waals surface area contributed by atoms with Crippen molar-refractivity contribution in [1.82, 2.24) is 0 Å². The summed E-state index contributed by atoms with van der Waals surface area (Å²) in [6.45, 7) is 1.97. The molecular weight excluding hydrogens is 246 g/mol. The zero-order valence-electron chi connectivity index (χ0n) is 10.1. The third-order valence-electron chi connectivity index (χ3n) is 3.44. The molecule has 2 rings (SSSR count). The van der Waals surface area contributed by atoms with Crippen molar-refractivity contribution in [2.24, 2.45) is 0 Å². The number of nitrogens with one attached hydrogen (secondary N) is 1. The van der Waals surface area contributed by atoms with E-state index in [-0.39, 0.29) is 11.2 Å². The van der Waals surface area contributed by atoms with Crippen LogP contribution in [0.3, 0.4) is 0 Å². The van der Waals surface area contributed by atoms with E-state index in [1.807, 2.05) is 6.92 Å². The Morgan fingerprint density at radius 1 is 1.17 bits per heavy atom. The standard InChI is InChI=1S/C13H15F4N/c1-12(6-2-3-7-12)18-11-5-4-9(8-10(11)14)13(15,16)17/h4-5,8,18H,2-3,6-7H2,1H3. The first kappa shape index (κ1) is 13.2. The van der Waals surface area contributed by atoms with E-state index < -0.39 is 17.6 Å². The van der Waals surface area contributed by atoms with E-state index in [1.165, 1.54) is 6.07 Å². The third-order valence-corrected chi connectivity index (χ3v) is 3.44. The first-order valence-corrected chi connectivity index (χ1v) is 5.95. The number of rotatable bonds is 2. The van der Waals surface area contributed by atoms with E-state index in [0.717, 1.165) is 31.7 Å². The van der Waals surface area contributed by atoms with Crippen LogP contribution in [0.15, 0.2) is 18.2 Å². The molecule has 1 aromatic carbocycles. The van der Waals surface area contributed by atoms with Crippen LogP contribution >= 0.6 is 0 Å². The smallest absolute Gasteiger partial charge is 0.378 e. The lowest BCUT2D eigenvalue weighted by molar-refractivity contribution is -0.137. The van der Waals surface area contributed by atoms with Crippen LogP contribution in [-0.4, -0.2) is 5.54 Å². The summed E-state index contributed by atoms with van der Waals surface area (Å²) in [5.74, 6) is -0.849. The van der Waals surface area contributed by atoms with Crippen LogP contribution in [0.2, 0.25) is 0 Å². The van der Waals surface area contributed by atoms with Gasteiger partial charge in [0.2, 0.25) is 0 Å². The molecule has 1 saturated carbocycles. The number of benzene rings is 1. The predicted octanol–water partition coefficient (Wildman–Crippen LogP) is 4.59. The van der Waals surface area contributed by atoms with Crippen LogP contribution in [0.1, 0.15) is 38.2 Å². The van der Waals surface area contributed by atoms with E-state index >= 15 is 0 Å². The van der Waals surface area contributed by atoms with Crippen LogP contribution in [-0.2, 0) is 6.18 Å². The topological polar surface area (TPSA) is 12.0 Å². The van der Waals surface area contributed by atoms with Crippen LogP contribution in [0.4, 0.5) is 23.2 Å². The molecule has 1 aliphatic carbocycles. The van der Waals surface area contributed by atoms with Gasteiger partial charge in [0.25, 0.3) is 0 Å². The molecule has 0 radical (unpaired) electrons. The van der Waals surface area contributed by atoms with Gasteiger partial charge in [-0.3, -0.25) is 0 Å². The van der Waals surface area contributed by atoms with E-state index in [0.29, 0.717) is 6.07 Å². The molecule has 0 atom stereocenters. The van der Waals surface area contributed by atoms with Crippen LogP contribution in [0.5, 0.6) is 0 Å². The number of hydrogen-bond acceptors (Lipinski definition) is 1. The maximum atomic E-state index is 13.6. The van der Waals surface area contributed by atoms with Gasteiger partial charge in [0.15, 0.2) is 0 Å². The molecular formula is C13H15F4N. The van der Waals surface area contributed by atoms with Crippen LogP contribution in [0.25, 0.3) is 0 Å². The van der Waals surface area contributed by atoms with Crippen molar-refractivity contribution >= 4 is 5.69 Å². The van der Waals surface area contributed by atoms with E-state index in [4.69, 9.17) is 0 Å². The molecule has 1 aromatic rings. The van der Waals surface area contributed by atoms with Gasteiger partial charge in [-0.2, -0.15) is 13.2 Å². The fourth-order valence-electron chi connectivity index (χ4n) is 2.40. The SMILES string of the molecule is CC1(Nc2ccc(C(F)(F)F)cc2F)CCCC1. The van der Waals surface area contributed by atoms with Crippen molar-refractivity contribution in [2.45, 2.75) is 44.3 Å². The maximum absolute atomic E-state index is 13.6. The first-order valence-electron chi connectivity index (χ1n) is 5.95. The summed E-state index contributed by atoms with van der Waals surface area (Å²) in [7, 11) is 0. The number of halogens is 4. The normalized spacial score (nSPS) is 18.9. The molecule has 5 heteroatoms. The second-order valence-electron chi connectivity index (χ2n) is 5.09. The number of alkyl halides is 3. The van der Waals surface area contributed by atoms with Crippen LogP contribution < -0.4 is 5.32 Å². The van der Waals surface area contributed by atoms with Gasteiger partial charge in [-0.1, -0.05) is 12.8 Å². The molecule has 0 aliphatic heterocycles. The van der Waals surface area contributed by atoms with E-state index in [9.17, 15) is 17.6 Å². The van der Waals surface area contributed by atoms with Crippen molar-refractivity contribution in [3.8, 4) is 0 Å². The lowest BCUT2D eigenvalue weighted by atomic mass is 10.00. The largest absolute Gasteiger partial charge is 0.416 e. The number of hydrogen-bond donors (Lipinski definition) is 1. The monoisotopic (exact) mass is 261 g/mol. The van der Waals surface area contributed by atoms with Gasteiger partial charge < -0.3 is 5.32 Å². The first-order chi connectivity index (χ1) is 8.30. The molecule has 1 fully saturated rings. The Kier molecular flexibility index (Phi) is 3.25. The predicted molar refractivity (Wildman–Crippen MR) is 61.9 cm³/mol. The zero-order chi connectivity index (χ0) is 13.4. The Bertz CT molecular complexity index is 433. The third kappa shape index (κ3) is 2.76. The number of anilines is 1. The highest BCUT2D eigenvalue weighted by Crippen LogP contribution is 2.35. The Balaban J connectivity index is 2.20. The molecule has 1 aliphatic rings. The molecule has 0 aromatic heterocycles. The highest BCUT2D eigenvalue weighted by atomic mass is 19.4. The molecule has 100 valence electrons. The summed E-state index contributed by atoms with van der Waals surface area (Å²) in [6, 6.07) is 2.62. The van der Waals surface area contributed by atoms with Crippen molar-refractivity contribution in [3.05, 3.63) is 29.6 Å². The van der Waals surface area contributed by atoms with Gasteiger partial charge in [-0.05, 0) is 38.0 Å². The molecule has 0 spiro atoms. The summed E-state index contributed by atoms with van der Waals surface area (Å²) in [4.78, 5) is 0. The minimum Gasteiger partial charge on any atom is -0.378 e. The van der Waals surface area contributed by atoms with Gasteiger partial charge in [0.05, 0.1) is 11.3 Å². The summed E-state index contributed by atoms with van der Waals surface area (Å²) >= 11 is 0. The Hall–Kier alpha value is -1.26. The molecule has 1 nitrogen and oxygen atoms in total. The lowest BCUT2D eigenvalue weighted by Crippen LogP contribution is -2.31. The Morgan fingerprint density at radius 2 is 1.78 bits per heavy atom. The summed E-state index contributed by atoms with van der Waals surface area (Å²) in [5, 5.41) is 3.02. The highest BCUT2D eigenvalue weighted by molar-refractivity contribution is 5.49. The summed E-state index contributed by atoms with van der Waals surface area (Å²) in [6.07, 6.45) is -0.560. The van der Waals surface area contributed by atoms with Gasteiger partial charge in [-0.25, -0.2) is 4.39 Å². The summed E-state index contributed by atoms with van der Waals surface area (Å²) in [5.41, 5.74) is -1.02. The maximum Gasteiger partial charge on any atom is 0.416 e. The molecule has 0 unspecified atom stereocenters. The second kappa shape index (κ2) is 4.44. The van der Waals surface area contributed by atoms with Gasteiger partial charge in [-0.15, -0.1) is 0 Å². The Morgan fingerprint density at radius 3 is 2.28 bits per heavy atom. The molecule has 18 heavy (non-hydrogen) atoms. The fraction of sp³-hybridized carbons (Fsp3) is 0.538. The van der Waals surface area contributed by atoms with Gasteiger partial charge >= 0.3 is 6.18 Å². The fourth-order valence-corrected chi connectivity index (χ4v) is 2.40. The summed E-state index contributed by atoms with van der Waals surface area (Å²) < 4.78 is 50.8. The van der Waals surface area contributed by atoms with E-state index in [2.05, 4.69) is 5.32 Å². The van der Waals surface area contributed by atoms with Crippen molar-refractivity contribution in [3.63, 3.8) is 0 Å². The second-order valence-corrected chi connectivity index (χ2v) is 5.09. The molecule has 0 saturated heterocycles. The molecule has 0 amide bonds. The van der Waals surface area contributed by atoms with Crippen molar-refractivity contribution in [1.29, 1.82) is 0 Å². The molecule has 0 heterocycles. The average Bonchev–Trinajstić information content (AvgIpc) is 2.67. The average molecular weight is 261 g/mol. The minimum atomic E-state index is -4.50. The van der Waals surface area contributed by atoms with E-state index in [1.54, 1.807) is 0 Å². The van der Waals surface area contributed by atoms with Crippen molar-refractivity contribution < 1.29 is 17.6 Å². The van der Waals surface area contributed by atoms with Gasteiger partial charge in [0, 0.05) is 5.54 Å². The zero-order valence-corrected chi connectivity index (χ0v) is 10.1. The molecule has 0 bridgehead atoms. The van der Waals surface area contributed by atoms with Crippen molar-refractivity contribution in [2.75, 3.05) is 5.32 Å². The minimum absolute atomic E-state index is 0.146. The molecule has 1 N–H and O–H groups in total.